The largest absolute Gasteiger partial charge is 0.343 e. The number of carbonyl (C=O) groups is 1. The van der Waals surface area contributed by atoms with Crippen LogP contribution in [0.5, 0.6) is 0 Å². The molecule has 0 saturated carbocycles. The lowest BCUT2D eigenvalue weighted by molar-refractivity contribution is 0.0992. The van der Waals surface area contributed by atoms with E-state index in [-0.39, 0.29) is 5.78 Å². The number of hydrogen-bond donors (Lipinski definition) is 1. The van der Waals surface area contributed by atoms with Gasteiger partial charge in [-0.25, -0.2) is 4.98 Å². The maximum Gasteiger partial charge on any atom is 0.168 e. The monoisotopic (exact) mass is 398 g/mol. The first-order valence-electron chi connectivity index (χ1n) is 8.56. The summed E-state index contributed by atoms with van der Waals surface area (Å²) >= 11 is 3.45. The van der Waals surface area contributed by atoms with Crippen molar-refractivity contribution >= 4 is 32.7 Å². The molecule has 1 N–H and O–H groups in total. The number of hydrogen-bond acceptors (Lipinski definition) is 2. The average molecular weight is 399 g/mol. The second kappa shape index (κ2) is 7.12. The number of Topliss-reactive ketones (excluding diaryl/α,β-unsaturated/α-hetero) is 1. The zero-order chi connectivity index (χ0) is 18.0. The first-order valence-corrected chi connectivity index (χ1v) is 9.35. The summed E-state index contributed by atoms with van der Waals surface area (Å²) in [6.45, 7) is 6.75. The van der Waals surface area contributed by atoms with Crippen molar-refractivity contribution in [1.82, 2.24) is 9.97 Å². The Morgan fingerprint density at radius 2 is 1.96 bits per heavy atom. The third-order valence-corrected chi connectivity index (χ3v) is 4.96. The smallest absolute Gasteiger partial charge is 0.168 e. The highest BCUT2D eigenvalue weighted by atomic mass is 79.9. The number of rotatable bonds is 5. The van der Waals surface area contributed by atoms with Gasteiger partial charge in [-0.3, -0.25) is 4.79 Å². The van der Waals surface area contributed by atoms with Crippen LogP contribution in [0.1, 0.15) is 48.8 Å². The summed E-state index contributed by atoms with van der Waals surface area (Å²) in [6.07, 6.45) is 4.27. The van der Waals surface area contributed by atoms with Gasteiger partial charge in [-0.2, -0.15) is 0 Å². The van der Waals surface area contributed by atoms with Crippen LogP contribution in [0.4, 0.5) is 0 Å². The third-order valence-electron chi connectivity index (χ3n) is 4.27. The van der Waals surface area contributed by atoms with E-state index in [0.717, 1.165) is 33.9 Å². The van der Waals surface area contributed by atoms with Crippen LogP contribution in [0, 0.1) is 5.41 Å². The van der Waals surface area contributed by atoms with Crippen molar-refractivity contribution in [1.29, 1.82) is 0 Å². The van der Waals surface area contributed by atoms with Gasteiger partial charge in [-0.05, 0) is 42.0 Å². The number of ketones is 1. The highest BCUT2D eigenvalue weighted by molar-refractivity contribution is 9.10. The molecule has 0 amide bonds. The summed E-state index contributed by atoms with van der Waals surface area (Å²) in [7, 11) is 0. The zero-order valence-electron chi connectivity index (χ0n) is 14.9. The molecule has 0 aliphatic carbocycles. The van der Waals surface area contributed by atoms with Gasteiger partial charge in [-0.15, -0.1) is 0 Å². The van der Waals surface area contributed by atoms with Crippen LogP contribution in [-0.2, 0) is 12.8 Å². The number of fused-ring (bicyclic) bond motifs is 1. The molecule has 130 valence electrons. The highest BCUT2D eigenvalue weighted by Crippen LogP contribution is 2.24. The lowest BCUT2D eigenvalue weighted by Gasteiger charge is -2.16. The van der Waals surface area contributed by atoms with Crippen molar-refractivity contribution in [2.45, 2.75) is 40.0 Å². The Morgan fingerprint density at radius 1 is 1.20 bits per heavy atom. The minimum absolute atomic E-state index is 0.0946. The molecule has 0 bridgehead atoms. The molecule has 0 radical (unpaired) electrons. The van der Waals surface area contributed by atoms with E-state index in [2.05, 4.69) is 58.8 Å². The molecule has 0 unspecified atom stereocenters. The number of carbonyl (C=O) groups excluding carboxylic acids is 1. The van der Waals surface area contributed by atoms with Crippen molar-refractivity contribution < 1.29 is 4.79 Å². The Morgan fingerprint density at radius 3 is 2.68 bits per heavy atom. The molecule has 4 heteroatoms. The number of benzene rings is 1. The Kier molecular flexibility index (Phi) is 5.09. The number of nitrogens with zero attached hydrogens (tertiary/aromatic N) is 1. The lowest BCUT2D eigenvalue weighted by atomic mass is 9.90. The Balaban J connectivity index is 1.77. The number of aryl methyl sites for hydroxylation is 1. The van der Waals surface area contributed by atoms with Gasteiger partial charge < -0.3 is 4.98 Å². The number of H-pyrrole nitrogens is 1. The Labute approximate surface area is 157 Å². The fourth-order valence-electron chi connectivity index (χ4n) is 2.83. The summed E-state index contributed by atoms with van der Waals surface area (Å²) in [5.41, 5.74) is 4.05. The molecule has 0 aliphatic heterocycles. The quantitative estimate of drug-likeness (QED) is 0.557. The molecule has 25 heavy (non-hydrogen) atoms. The van der Waals surface area contributed by atoms with E-state index in [1.165, 1.54) is 5.69 Å². The first-order chi connectivity index (χ1) is 11.8. The van der Waals surface area contributed by atoms with Gasteiger partial charge in [0, 0.05) is 33.7 Å². The van der Waals surface area contributed by atoms with Gasteiger partial charge in [0.05, 0.1) is 0 Å². The van der Waals surface area contributed by atoms with Crippen molar-refractivity contribution in [3.63, 3.8) is 0 Å². The van der Waals surface area contributed by atoms with Crippen LogP contribution in [0.15, 0.2) is 47.1 Å². The second-order valence-corrected chi connectivity index (χ2v) is 8.57. The Bertz CT molecular complexity index is 906. The van der Waals surface area contributed by atoms with Gasteiger partial charge in [0.2, 0.25) is 0 Å². The molecule has 0 spiro atoms. The zero-order valence-corrected chi connectivity index (χ0v) is 16.5. The van der Waals surface area contributed by atoms with E-state index < -0.39 is 0 Å². The van der Waals surface area contributed by atoms with E-state index in [1.807, 2.05) is 24.3 Å². The fraction of sp³-hybridized carbons (Fsp3) is 0.333. The molecular formula is C21H23BrN2O. The van der Waals surface area contributed by atoms with Crippen molar-refractivity contribution in [3.8, 4) is 0 Å². The van der Waals surface area contributed by atoms with Crippen LogP contribution in [0.2, 0.25) is 0 Å². The topological polar surface area (TPSA) is 45.8 Å². The molecule has 0 atom stereocenters. The Hall–Kier alpha value is -1.94. The number of aromatic nitrogens is 2. The molecule has 2 aromatic heterocycles. The van der Waals surface area contributed by atoms with E-state index in [4.69, 9.17) is 0 Å². The summed E-state index contributed by atoms with van der Waals surface area (Å²) < 4.78 is 0.833. The number of pyridine rings is 1. The van der Waals surface area contributed by atoms with Gasteiger partial charge in [-0.1, -0.05) is 54.9 Å². The van der Waals surface area contributed by atoms with Crippen LogP contribution in [0.25, 0.3) is 11.0 Å². The van der Waals surface area contributed by atoms with Crippen LogP contribution < -0.4 is 0 Å². The average Bonchev–Trinajstić information content (AvgIpc) is 2.95. The minimum atomic E-state index is 0.0946. The summed E-state index contributed by atoms with van der Waals surface area (Å²) in [4.78, 5) is 20.4. The van der Waals surface area contributed by atoms with Crippen LogP contribution >= 0.6 is 15.9 Å². The van der Waals surface area contributed by atoms with Crippen molar-refractivity contribution in [2.75, 3.05) is 0 Å². The minimum Gasteiger partial charge on any atom is -0.343 e. The van der Waals surface area contributed by atoms with Gasteiger partial charge >= 0.3 is 0 Å². The predicted octanol–water partition coefficient (Wildman–Crippen LogP) is 5.73. The molecular weight excluding hydrogens is 376 g/mol. The third kappa shape index (κ3) is 4.57. The molecule has 1 aromatic carbocycles. The normalized spacial score (nSPS) is 11.8. The molecule has 3 nitrogen and oxygen atoms in total. The van der Waals surface area contributed by atoms with Gasteiger partial charge in [0.25, 0.3) is 0 Å². The van der Waals surface area contributed by atoms with Crippen molar-refractivity contribution in [2.24, 2.45) is 5.41 Å². The fourth-order valence-corrected chi connectivity index (χ4v) is 3.33. The molecule has 3 rings (SSSR count). The number of aromatic amines is 1. The van der Waals surface area contributed by atoms with E-state index in [9.17, 15) is 4.79 Å². The molecule has 0 saturated heterocycles. The van der Waals surface area contributed by atoms with Crippen LogP contribution in [-0.4, -0.2) is 15.8 Å². The SMILES string of the molecule is CC(C)(C)CCc1cc2cc(CC(=O)c3ccccc3Br)cnc2[nH]1. The molecule has 0 aliphatic rings. The lowest BCUT2D eigenvalue weighted by Crippen LogP contribution is -2.06. The second-order valence-electron chi connectivity index (χ2n) is 7.72. The van der Waals surface area contributed by atoms with Gasteiger partial charge in [0.1, 0.15) is 5.65 Å². The maximum atomic E-state index is 12.5. The van der Waals surface area contributed by atoms with Crippen LogP contribution in [0.3, 0.4) is 0 Å². The standard InChI is InChI=1S/C21H23BrN2O/c1-21(2,3)9-8-16-12-15-10-14(13-23-20(15)24-16)11-19(25)17-6-4-5-7-18(17)22/h4-7,10,12-13H,8-9,11H2,1-3H3,(H,23,24). The van der Waals surface area contributed by atoms with E-state index >= 15 is 0 Å². The van der Waals surface area contributed by atoms with Crippen molar-refractivity contribution in [3.05, 3.63) is 63.9 Å². The highest BCUT2D eigenvalue weighted by Gasteiger charge is 2.13. The first kappa shape index (κ1) is 17.9. The number of nitrogens with one attached hydrogen (secondary N) is 1. The molecule has 3 aromatic rings. The van der Waals surface area contributed by atoms with E-state index in [0.29, 0.717) is 17.4 Å². The summed E-state index contributed by atoms with van der Waals surface area (Å²) in [5.74, 6) is 0.0946. The summed E-state index contributed by atoms with van der Waals surface area (Å²) in [6, 6.07) is 11.7. The summed E-state index contributed by atoms with van der Waals surface area (Å²) in [5, 5.41) is 1.07. The van der Waals surface area contributed by atoms with E-state index in [1.54, 1.807) is 6.20 Å². The molecule has 2 heterocycles. The molecule has 0 fully saturated rings. The maximum absolute atomic E-state index is 12.5. The predicted molar refractivity (Wildman–Crippen MR) is 106 cm³/mol. The van der Waals surface area contributed by atoms with Gasteiger partial charge in [0.15, 0.2) is 5.78 Å². The number of halogens is 1.